The normalized spacial score (nSPS) is 13.4. The van der Waals surface area contributed by atoms with Gasteiger partial charge in [0.2, 0.25) is 0 Å². The maximum Gasteiger partial charge on any atom is 0.337 e. The first-order valence-electron chi connectivity index (χ1n) is 12.4. The maximum atomic E-state index is 6.57. The summed E-state index contributed by atoms with van der Waals surface area (Å²) in [6.07, 6.45) is 18.2. The molecule has 0 heterocycles. The van der Waals surface area contributed by atoms with Crippen LogP contribution in [0.1, 0.15) is 125 Å². The van der Waals surface area contributed by atoms with Crippen LogP contribution in [-0.2, 0) is 8.85 Å². The van der Waals surface area contributed by atoms with Crippen LogP contribution in [0.3, 0.4) is 0 Å². The predicted molar refractivity (Wildman–Crippen MR) is 124 cm³/mol. The summed E-state index contributed by atoms with van der Waals surface area (Å²) in [6, 6.07) is 2.15. The van der Waals surface area contributed by atoms with Gasteiger partial charge in [0.25, 0.3) is 0 Å². The monoisotopic (exact) mass is 400 g/mol. The molecule has 0 aliphatic heterocycles. The van der Waals surface area contributed by atoms with Gasteiger partial charge in [-0.15, -0.1) is 0 Å². The first-order valence-corrected chi connectivity index (χ1v) is 14.6. The Hall–Kier alpha value is 0.137. The van der Waals surface area contributed by atoms with Gasteiger partial charge in [-0.2, -0.15) is 0 Å². The average Bonchev–Trinajstić information content (AvgIpc) is 2.68. The van der Waals surface area contributed by atoms with Gasteiger partial charge in [-0.25, -0.2) is 0 Å². The van der Waals surface area contributed by atoms with Crippen molar-refractivity contribution in [1.29, 1.82) is 0 Å². The summed E-state index contributed by atoms with van der Waals surface area (Å²) in [5.41, 5.74) is 0. The molecular weight excluding hydrogens is 348 g/mol. The molecule has 0 aromatic heterocycles. The van der Waals surface area contributed by atoms with E-state index in [-0.39, 0.29) is 0 Å². The highest BCUT2D eigenvalue weighted by Gasteiger charge is 2.36. The Morgan fingerprint density at radius 1 is 0.630 bits per heavy atom. The van der Waals surface area contributed by atoms with Crippen molar-refractivity contribution in [3.63, 3.8) is 0 Å². The van der Waals surface area contributed by atoms with Crippen LogP contribution in [0.15, 0.2) is 0 Å². The van der Waals surface area contributed by atoms with E-state index in [0.29, 0.717) is 12.0 Å². The third-order valence-corrected chi connectivity index (χ3v) is 9.57. The first kappa shape index (κ1) is 27.1. The molecule has 0 saturated carbocycles. The largest absolute Gasteiger partial charge is 0.394 e. The summed E-state index contributed by atoms with van der Waals surface area (Å²) in [5.74, 6) is 0.579. The fraction of sp³-hybridized carbons (Fsp3) is 1.00. The van der Waals surface area contributed by atoms with Gasteiger partial charge < -0.3 is 8.85 Å². The molecule has 0 spiro atoms. The van der Waals surface area contributed by atoms with Crippen LogP contribution in [0.4, 0.5) is 0 Å². The topological polar surface area (TPSA) is 18.5 Å². The van der Waals surface area contributed by atoms with Gasteiger partial charge in [-0.1, -0.05) is 112 Å². The fourth-order valence-electron chi connectivity index (χ4n) is 3.82. The summed E-state index contributed by atoms with van der Waals surface area (Å²) in [7, 11) is -1.99. The van der Waals surface area contributed by atoms with E-state index in [0.717, 1.165) is 25.1 Å². The van der Waals surface area contributed by atoms with E-state index < -0.39 is 8.56 Å². The van der Waals surface area contributed by atoms with Crippen LogP contribution in [0, 0.1) is 5.92 Å². The average molecular weight is 401 g/mol. The fourth-order valence-corrected chi connectivity index (χ4v) is 6.64. The van der Waals surface area contributed by atoms with Crippen LogP contribution >= 0.6 is 0 Å². The predicted octanol–water partition coefficient (Wildman–Crippen LogP) is 8.64. The summed E-state index contributed by atoms with van der Waals surface area (Å²) in [4.78, 5) is 0. The molecule has 0 aromatic carbocycles. The summed E-state index contributed by atoms with van der Waals surface area (Å²) in [5, 5.41) is 0. The molecular formula is C24H52O2Si. The van der Waals surface area contributed by atoms with Gasteiger partial charge >= 0.3 is 8.56 Å². The zero-order valence-corrected chi connectivity index (χ0v) is 20.8. The van der Waals surface area contributed by atoms with Crippen molar-refractivity contribution in [3.05, 3.63) is 0 Å². The highest BCUT2D eigenvalue weighted by atomic mass is 28.4. The molecule has 0 saturated heterocycles. The number of unbranched alkanes of at least 4 members (excludes halogenated alkanes) is 11. The van der Waals surface area contributed by atoms with Crippen molar-refractivity contribution in [1.82, 2.24) is 0 Å². The second kappa shape index (κ2) is 18.2. The molecule has 1 unspecified atom stereocenters. The van der Waals surface area contributed by atoms with Crippen LogP contribution in [-0.4, -0.2) is 21.3 Å². The Balaban J connectivity index is 3.75. The lowest BCUT2D eigenvalue weighted by Gasteiger charge is -2.34. The standard InChI is InChI=1S/C24H52O2Si/c1-7-11-12-13-14-15-16-17-18-19-20-21-22-25-27(9-3,10-4)26-24(8-2)23(5)6/h23-24H,7-22H2,1-6H3. The molecule has 0 aromatic rings. The van der Waals surface area contributed by atoms with Crippen LogP contribution < -0.4 is 0 Å². The maximum absolute atomic E-state index is 6.57. The minimum Gasteiger partial charge on any atom is -0.394 e. The SMILES string of the molecule is CCCCCCCCCCCCCCO[Si](CC)(CC)OC(CC)C(C)C. The molecule has 0 amide bonds. The molecule has 0 fully saturated rings. The molecule has 0 aliphatic rings. The van der Waals surface area contributed by atoms with E-state index in [1.54, 1.807) is 0 Å². The van der Waals surface area contributed by atoms with Gasteiger partial charge in [-0.05, 0) is 30.8 Å². The zero-order chi connectivity index (χ0) is 20.4. The van der Waals surface area contributed by atoms with Crippen LogP contribution in [0.25, 0.3) is 0 Å². The Labute approximate surface area is 173 Å². The number of hydrogen-bond donors (Lipinski definition) is 0. The van der Waals surface area contributed by atoms with E-state index in [4.69, 9.17) is 8.85 Å². The number of hydrogen-bond acceptors (Lipinski definition) is 2. The molecule has 2 nitrogen and oxygen atoms in total. The zero-order valence-electron chi connectivity index (χ0n) is 19.8. The highest BCUT2D eigenvalue weighted by Crippen LogP contribution is 2.25. The Morgan fingerprint density at radius 3 is 1.44 bits per heavy atom. The van der Waals surface area contributed by atoms with E-state index in [9.17, 15) is 0 Å². The molecule has 0 rings (SSSR count). The van der Waals surface area contributed by atoms with Crippen LogP contribution in [0.2, 0.25) is 12.1 Å². The van der Waals surface area contributed by atoms with Crippen LogP contribution in [0.5, 0.6) is 0 Å². The lowest BCUT2D eigenvalue weighted by atomic mass is 10.1. The molecule has 27 heavy (non-hydrogen) atoms. The lowest BCUT2D eigenvalue weighted by molar-refractivity contribution is 0.0788. The van der Waals surface area contributed by atoms with E-state index in [1.807, 2.05) is 0 Å². The van der Waals surface area contributed by atoms with Crippen molar-refractivity contribution in [2.45, 2.75) is 143 Å². The van der Waals surface area contributed by atoms with Gasteiger partial charge in [-0.3, -0.25) is 0 Å². The van der Waals surface area contributed by atoms with Crippen molar-refractivity contribution in [2.24, 2.45) is 5.92 Å². The molecule has 0 aliphatic carbocycles. The number of rotatable bonds is 20. The second-order valence-electron chi connectivity index (χ2n) is 8.66. The molecule has 0 N–H and O–H groups in total. The van der Waals surface area contributed by atoms with Crippen molar-refractivity contribution in [3.8, 4) is 0 Å². The minimum absolute atomic E-state index is 0.360. The first-order chi connectivity index (χ1) is 13.0. The lowest BCUT2D eigenvalue weighted by Crippen LogP contribution is -2.45. The summed E-state index contributed by atoms with van der Waals surface area (Å²) >= 11 is 0. The Morgan fingerprint density at radius 2 is 1.07 bits per heavy atom. The highest BCUT2D eigenvalue weighted by molar-refractivity contribution is 6.67. The van der Waals surface area contributed by atoms with Crippen molar-refractivity contribution < 1.29 is 8.85 Å². The molecule has 3 heteroatoms. The van der Waals surface area contributed by atoms with Gasteiger partial charge in [0.05, 0.1) is 0 Å². The minimum atomic E-state index is -1.99. The molecule has 0 bridgehead atoms. The second-order valence-corrected chi connectivity index (χ2v) is 12.4. The third kappa shape index (κ3) is 13.9. The smallest absolute Gasteiger partial charge is 0.337 e. The molecule has 164 valence electrons. The summed E-state index contributed by atoms with van der Waals surface area (Å²) in [6.45, 7) is 14.5. The van der Waals surface area contributed by atoms with E-state index in [2.05, 4.69) is 41.5 Å². The Bertz CT molecular complexity index is 303. The van der Waals surface area contributed by atoms with E-state index in [1.165, 1.54) is 77.0 Å². The third-order valence-electron chi connectivity index (χ3n) is 5.95. The van der Waals surface area contributed by atoms with Crippen molar-refractivity contribution >= 4 is 8.56 Å². The molecule has 0 radical (unpaired) electrons. The quantitative estimate of drug-likeness (QED) is 0.150. The van der Waals surface area contributed by atoms with E-state index >= 15 is 0 Å². The summed E-state index contributed by atoms with van der Waals surface area (Å²) < 4.78 is 13.0. The van der Waals surface area contributed by atoms with Gasteiger partial charge in [0, 0.05) is 12.7 Å². The van der Waals surface area contributed by atoms with Gasteiger partial charge in [0.15, 0.2) is 0 Å². The molecule has 1 atom stereocenters. The Kier molecular flexibility index (Phi) is 18.3. The van der Waals surface area contributed by atoms with Crippen molar-refractivity contribution in [2.75, 3.05) is 6.61 Å². The van der Waals surface area contributed by atoms with Gasteiger partial charge in [0.1, 0.15) is 0 Å².